The van der Waals surface area contributed by atoms with E-state index in [0.717, 1.165) is 11.3 Å². The molecule has 0 saturated heterocycles. The van der Waals surface area contributed by atoms with Crippen LogP contribution in [0.1, 0.15) is 19.4 Å². The van der Waals surface area contributed by atoms with Crippen LogP contribution >= 0.6 is 0 Å². The van der Waals surface area contributed by atoms with Crippen LogP contribution in [0, 0.1) is 0 Å². The molecular formula is C12H16NO2+. The molecule has 80 valence electrons. The number of ether oxygens (including phenoxy) is 1. The Morgan fingerprint density at radius 1 is 1.33 bits per heavy atom. The predicted octanol–water partition coefficient (Wildman–Crippen LogP) is 1.24. The first-order valence-electron chi connectivity index (χ1n) is 5.14. The molecule has 0 aliphatic carbocycles. The van der Waals surface area contributed by atoms with Crippen LogP contribution in [-0.4, -0.2) is 34.8 Å². The maximum atomic E-state index is 8.98. The molecule has 15 heavy (non-hydrogen) atoms. The third-order valence-electron chi connectivity index (χ3n) is 2.61. The molecule has 0 saturated carbocycles. The Morgan fingerprint density at radius 3 is 2.80 bits per heavy atom. The van der Waals surface area contributed by atoms with Crippen LogP contribution in [0.2, 0.25) is 0 Å². The van der Waals surface area contributed by atoms with Crippen molar-refractivity contribution in [2.24, 2.45) is 0 Å². The summed E-state index contributed by atoms with van der Waals surface area (Å²) in [5.74, 6) is 0.900. The Balaban J connectivity index is 2.42. The van der Waals surface area contributed by atoms with E-state index in [0.29, 0.717) is 6.54 Å². The molecular weight excluding hydrogens is 190 g/mol. The van der Waals surface area contributed by atoms with Gasteiger partial charge in [-0.3, -0.25) is 0 Å². The molecule has 0 bridgehead atoms. The van der Waals surface area contributed by atoms with E-state index in [2.05, 4.69) is 0 Å². The fourth-order valence-corrected chi connectivity index (χ4v) is 1.77. The van der Waals surface area contributed by atoms with E-state index in [1.54, 1.807) is 0 Å². The number of rotatable bonds is 2. The second-order valence-electron chi connectivity index (χ2n) is 4.13. The Morgan fingerprint density at radius 2 is 2.07 bits per heavy atom. The lowest BCUT2D eigenvalue weighted by Gasteiger charge is -2.28. The highest BCUT2D eigenvalue weighted by molar-refractivity contribution is 5.80. The molecule has 3 heteroatoms. The summed E-state index contributed by atoms with van der Waals surface area (Å²) in [5.41, 5.74) is 0.669. The number of hydrogen-bond acceptors (Lipinski definition) is 2. The topological polar surface area (TPSA) is 32.5 Å². The molecule has 1 heterocycles. The lowest BCUT2D eigenvalue weighted by atomic mass is 10.1. The summed E-state index contributed by atoms with van der Waals surface area (Å²) in [6.45, 7) is 4.71. The summed E-state index contributed by atoms with van der Waals surface area (Å²) >= 11 is 0. The van der Waals surface area contributed by atoms with Crippen molar-refractivity contribution >= 4 is 6.21 Å². The second-order valence-corrected chi connectivity index (χ2v) is 4.13. The first-order chi connectivity index (χ1) is 7.13. The summed E-state index contributed by atoms with van der Waals surface area (Å²) in [7, 11) is 0. The fraction of sp³-hybridized carbons (Fsp3) is 0.417. The minimum absolute atomic E-state index is 0.130. The number of nitrogens with zero attached hydrogens (tertiary/aromatic N) is 1. The molecule has 0 fully saturated rings. The molecule has 1 aromatic rings. The van der Waals surface area contributed by atoms with E-state index in [9.17, 15) is 0 Å². The Labute approximate surface area is 89.6 Å². The number of fused-ring (bicyclic) bond motifs is 1. The maximum absolute atomic E-state index is 8.98. The summed E-state index contributed by atoms with van der Waals surface area (Å²) in [6, 6.07) is 7.91. The molecule has 1 aliphatic rings. The zero-order valence-electron chi connectivity index (χ0n) is 9.10. The van der Waals surface area contributed by atoms with Crippen molar-refractivity contribution in [1.82, 2.24) is 0 Å². The molecule has 1 N–H and O–H groups in total. The largest absolute Gasteiger partial charge is 0.431 e. The van der Waals surface area contributed by atoms with Crippen molar-refractivity contribution in [3.8, 4) is 5.75 Å². The quantitative estimate of drug-likeness (QED) is 0.738. The van der Waals surface area contributed by atoms with Gasteiger partial charge in [0.15, 0.2) is 12.8 Å². The van der Waals surface area contributed by atoms with Gasteiger partial charge in [0, 0.05) is 13.8 Å². The SMILES string of the molecule is CC1(C)Oc2ccccc2C=[N+]1CCO. The van der Waals surface area contributed by atoms with E-state index in [1.165, 1.54) is 0 Å². The standard InChI is InChI=1S/C12H16NO2/c1-12(2)13(7-8-14)9-10-5-3-4-6-11(10)15-12/h3-6,9,14H,7-8H2,1-2H3/q+1. The predicted molar refractivity (Wildman–Crippen MR) is 58.5 cm³/mol. The molecule has 0 spiro atoms. The normalized spacial score (nSPS) is 17.7. The molecule has 1 aliphatic heterocycles. The number of aliphatic hydroxyl groups is 1. The molecule has 0 aromatic heterocycles. The summed E-state index contributed by atoms with van der Waals surface area (Å²) in [6.07, 6.45) is 2.04. The van der Waals surface area contributed by atoms with Gasteiger partial charge in [0.05, 0.1) is 5.56 Å². The van der Waals surface area contributed by atoms with Gasteiger partial charge in [-0.15, -0.1) is 0 Å². The van der Waals surface area contributed by atoms with Gasteiger partial charge in [-0.2, -0.15) is 4.58 Å². The highest BCUT2D eigenvalue weighted by atomic mass is 16.5. The number of para-hydroxylation sites is 1. The minimum Gasteiger partial charge on any atom is -0.431 e. The molecule has 0 amide bonds. The van der Waals surface area contributed by atoms with Crippen molar-refractivity contribution in [3.05, 3.63) is 29.8 Å². The van der Waals surface area contributed by atoms with Gasteiger partial charge in [0.25, 0.3) is 0 Å². The minimum atomic E-state index is -0.392. The van der Waals surface area contributed by atoms with Gasteiger partial charge >= 0.3 is 5.72 Å². The maximum Gasteiger partial charge on any atom is 0.300 e. The van der Waals surface area contributed by atoms with E-state index in [1.807, 2.05) is 48.9 Å². The van der Waals surface area contributed by atoms with Crippen LogP contribution in [0.15, 0.2) is 24.3 Å². The molecule has 1 aromatic carbocycles. The highest BCUT2D eigenvalue weighted by Gasteiger charge is 2.36. The Hall–Kier alpha value is -1.35. The van der Waals surface area contributed by atoms with Crippen molar-refractivity contribution < 1.29 is 14.4 Å². The smallest absolute Gasteiger partial charge is 0.300 e. The van der Waals surface area contributed by atoms with Gasteiger partial charge in [-0.25, -0.2) is 0 Å². The Bertz CT molecular complexity index is 396. The van der Waals surface area contributed by atoms with Crippen molar-refractivity contribution in [1.29, 1.82) is 0 Å². The molecule has 2 rings (SSSR count). The summed E-state index contributed by atoms with van der Waals surface area (Å²) in [4.78, 5) is 0. The number of aliphatic hydroxyl groups excluding tert-OH is 1. The van der Waals surface area contributed by atoms with Crippen molar-refractivity contribution in [3.63, 3.8) is 0 Å². The second kappa shape index (κ2) is 3.66. The number of β-amino-alcohol motifs (C(OH)–C–C–N with tert-alkyl or cyclic N) is 1. The van der Waals surface area contributed by atoms with Gasteiger partial charge in [-0.05, 0) is 12.1 Å². The average Bonchev–Trinajstić information content (AvgIpc) is 2.18. The average molecular weight is 206 g/mol. The molecule has 0 unspecified atom stereocenters. The van der Waals surface area contributed by atoms with Crippen LogP contribution in [0.3, 0.4) is 0 Å². The molecule has 3 nitrogen and oxygen atoms in total. The lowest BCUT2D eigenvalue weighted by Crippen LogP contribution is -2.46. The fourth-order valence-electron chi connectivity index (χ4n) is 1.77. The van der Waals surface area contributed by atoms with Gasteiger partial charge in [-0.1, -0.05) is 12.1 Å². The lowest BCUT2D eigenvalue weighted by molar-refractivity contribution is -0.641. The van der Waals surface area contributed by atoms with E-state index in [4.69, 9.17) is 9.84 Å². The third kappa shape index (κ3) is 1.88. The van der Waals surface area contributed by atoms with Crippen molar-refractivity contribution in [2.45, 2.75) is 19.6 Å². The van der Waals surface area contributed by atoms with Crippen LogP contribution in [0.5, 0.6) is 5.75 Å². The van der Waals surface area contributed by atoms with Crippen LogP contribution in [0.4, 0.5) is 0 Å². The number of benzene rings is 1. The van der Waals surface area contributed by atoms with E-state index < -0.39 is 5.72 Å². The van der Waals surface area contributed by atoms with Crippen LogP contribution in [0.25, 0.3) is 0 Å². The highest BCUT2D eigenvalue weighted by Crippen LogP contribution is 2.26. The zero-order chi connectivity index (χ0) is 10.9. The van der Waals surface area contributed by atoms with Crippen LogP contribution in [-0.2, 0) is 0 Å². The van der Waals surface area contributed by atoms with Gasteiger partial charge in [0.1, 0.15) is 12.4 Å². The third-order valence-corrected chi connectivity index (χ3v) is 2.61. The Kier molecular flexibility index (Phi) is 2.49. The van der Waals surface area contributed by atoms with Crippen molar-refractivity contribution in [2.75, 3.05) is 13.2 Å². The van der Waals surface area contributed by atoms with E-state index >= 15 is 0 Å². The van der Waals surface area contributed by atoms with Gasteiger partial charge < -0.3 is 9.84 Å². The van der Waals surface area contributed by atoms with E-state index in [-0.39, 0.29) is 6.61 Å². The molecule has 0 atom stereocenters. The van der Waals surface area contributed by atoms with Crippen LogP contribution < -0.4 is 4.74 Å². The zero-order valence-corrected chi connectivity index (χ0v) is 9.10. The number of hydrogen-bond donors (Lipinski definition) is 1. The van der Waals surface area contributed by atoms with Gasteiger partial charge in [0.2, 0.25) is 0 Å². The monoisotopic (exact) mass is 206 g/mol. The molecule has 0 radical (unpaired) electrons. The first-order valence-corrected chi connectivity index (χ1v) is 5.14. The summed E-state index contributed by atoms with van der Waals surface area (Å²) in [5, 5.41) is 8.98. The summed E-state index contributed by atoms with van der Waals surface area (Å²) < 4.78 is 7.88. The first kappa shape index (κ1) is 10.2.